The summed E-state index contributed by atoms with van der Waals surface area (Å²) in [5.74, 6) is 0.165. The number of hydrogen-bond donors (Lipinski definition) is 0. The first kappa shape index (κ1) is 8.41. The lowest BCUT2D eigenvalue weighted by molar-refractivity contribution is -0.115. The van der Waals surface area contributed by atoms with Gasteiger partial charge in [0.2, 0.25) is 0 Å². The van der Waals surface area contributed by atoms with Gasteiger partial charge in [0.05, 0.1) is 0 Å². The van der Waals surface area contributed by atoms with Gasteiger partial charge in [-0.15, -0.1) is 0 Å². The molecule has 0 fully saturated rings. The second-order valence-corrected chi connectivity index (χ2v) is 2.16. The van der Waals surface area contributed by atoms with Crippen molar-refractivity contribution in [2.75, 3.05) is 0 Å². The summed E-state index contributed by atoms with van der Waals surface area (Å²) in [6.07, 6.45) is 2.32. The van der Waals surface area contributed by atoms with Gasteiger partial charge in [0, 0.05) is 6.42 Å². The Morgan fingerprint density at radius 1 is 1.56 bits per heavy atom. The smallest absolute Gasteiger partial charge is 0.157 e. The quantitative estimate of drug-likeness (QED) is 0.526. The van der Waals surface area contributed by atoms with Crippen molar-refractivity contribution in [3.63, 3.8) is 0 Å². The fourth-order valence-corrected chi connectivity index (χ4v) is 0.499. The highest BCUT2D eigenvalue weighted by Gasteiger charge is 1.98. The first-order valence-electron chi connectivity index (χ1n) is 3.16. The van der Waals surface area contributed by atoms with Crippen molar-refractivity contribution in [2.45, 2.75) is 26.2 Å². The van der Waals surface area contributed by atoms with Crippen molar-refractivity contribution in [3.8, 4) is 0 Å². The third-order valence-electron chi connectivity index (χ3n) is 1.13. The standard InChI is InChI=1S/C8H13O/c1-4-5-6-8(9)7(2)3/h1-2,4-6H2,3H3. The molecule has 0 heterocycles. The Morgan fingerprint density at radius 3 is 2.44 bits per heavy atom. The Labute approximate surface area is 56.8 Å². The average molecular weight is 125 g/mol. The summed E-state index contributed by atoms with van der Waals surface area (Å²) in [7, 11) is 0. The van der Waals surface area contributed by atoms with Crippen LogP contribution in [-0.4, -0.2) is 5.78 Å². The van der Waals surface area contributed by atoms with Gasteiger partial charge in [0.25, 0.3) is 0 Å². The minimum absolute atomic E-state index is 0.165. The Hall–Kier alpha value is -0.590. The zero-order valence-corrected chi connectivity index (χ0v) is 5.94. The Kier molecular flexibility index (Phi) is 4.02. The highest BCUT2D eigenvalue weighted by atomic mass is 16.1. The molecule has 0 N–H and O–H groups in total. The summed E-state index contributed by atoms with van der Waals surface area (Å²) in [5, 5.41) is 0. The molecule has 0 aliphatic rings. The molecule has 0 aromatic rings. The van der Waals surface area contributed by atoms with E-state index in [2.05, 4.69) is 13.5 Å². The second-order valence-electron chi connectivity index (χ2n) is 2.16. The van der Waals surface area contributed by atoms with Gasteiger partial charge in [0.1, 0.15) is 0 Å². The molecule has 9 heavy (non-hydrogen) atoms. The van der Waals surface area contributed by atoms with Gasteiger partial charge in [0.15, 0.2) is 5.78 Å². The minimum atomic E-state index is 0.165. The van der Waals surface area contributed by atoms with Gasteiger partial charge < -0.3 is 0 Å². The molecule has 0 amide bonds. The van der Waals surface area contributed by atoms with E-state index in [9.17, 15) is 4.79 Å². The lowest BCUT2D eigenvalue weighted by atomic mass is 10.1. The van der Waals surface area contributed by atoms with Crippen LogP contribution in [0.3, 0.4) is 0 Å². The third-order valence-corrected chi connectivity index (χ3v) is 1.13. The zero-order valence-electron chi connectivity index (χ0n) is 5.94. The molecule has 0 atom stereocenters. The molecule has 0 aromatic heterocycles. The van der Waals surface area contributed by atoms with Crippen molar-refractivity contribution in [2.24, 2.45) is 0 Å². The lowest BCUT2D eigenvalue weighted by Crippen LogP contribution is -1.96. The maximum Gasteiger partial charge on any atom is 0.157 e. The number of carbonyl (C=O) groups is 1. The van der Waals surface area contributed by atoms with Crippen LogP contribution < -0.4 is 0 Å². The Bertz CT molecular complexity index is 114. The van der Waals surface area contributed by atoms with E-state index in [4.69, 9.17) is 0 Å². The summed E-state index contributed by atoms with van der Waals surface area (Å²) in [4.78, 5) is 10.8. The van der Waals surface area contributed by atoms with Crippen molar-refractivity contribution in [3.05, 3.63) is 19.1 Å². The predicted molar refractivity (Wildman–Crippen MR) is 39.0 cm³/mol. The van der Waals surface area contributed by atoms with Gasteiger partial charge in [-0.2, -0.15) is 0 Å². The number of allylic oxidation sites excluding steroid dienone is 1. The van der Waals surface area contributed by atoms with Crippen LogP contribution in [0.1, 0.15) is 26.2 Å². The van der Waals surface area contributed by atoms with Gasteiger partial charge in [-0.05, 0) is 18.9 Å². The Morgan fingerprint density at radius 2 is 2.11 bits per heavy atom. The first-order chi connectivity index (χ1) is 4.18. The fraction of sp³-hybridized carbons (Fsp3) is 0.500. The molecule has 0 bridgehead atoms. The molecule has 1 radical (unpaired) electrons. The minimum Gasteiger partial charge on any atom is -0.295 e. The summed E-state index contributed by atoms with van der Waals surface area (Å²) in [6, 6.07) is 0. The van der Waals surface area contributed by atoms with Gasteiger partial charge in [-0.3, -0.25) is 4.79 Å². The molecule has 0 aliphatic heterocycles. The molecular weight excluding hydrogens is 112 g/mol. The maximum atomic E-state index is 10.8. The summed E-state index contributed by atoms with van der Waals surface area (Å²) in [5.41, 5.74) is 0.656. The monoisotopic (exact) mass is 125 g/mol. The molecule has 1 nitrogen and oxygen atoms in total. The van der Waals surface area contributed by atoms with Crippen molar-refractivity contribution >= 4 is 5.78 Å². The Balaban J connectivity index is 3.39. The number of hydrogen-bond acceptors (Lipinski definition) is 1. The van der Waals surface area contributed by atoms with E-state index >= 15 is 0 Å². The predicted octanol–water partition coefficient (Wildman–Crippen LogP) is 2.14. The van der Waals surface area contributed by atoms with Crippen LogP contribution in [0, 0.1) is 6.92 Å². The first-order valence-corrected chi connectivity index (χ1v) is 3.16. The lowest BCUT2D eigenvalue weighted by Gasteiger charge is -1.94. The number of Topliss-reactive ketones (excluding diaryl/α,β-unsaturated/α-hetero) is 1. The highest BCUT2D eigenvalue weighted by Crippen LogP contribution is 2.00. The molecule has 1 heteroatoms. The molecule has 0 unspecified atom stereocenters. The fourth-order valence-electron chi connectivity index (χ4n) is 0.499. The molecule has 0 aliphatic carbocycles. The van der Waals surface area contributed by atoms with Crippen LogP contribution in [0.5, 0.6) is 0 Å². The highest BCUT2D eigenvalue weighted by molar-refractivity contribution is 5.93. The van der Waals surface area contributed by atoms with Gasteiger partial charge >= 0.3 is 0 Å². The maximum absolute atomic E-state index is 10.8. The van der Waals surface area contributed by atoms with Crippen LogP contribution >= 0.6 is 0 Å². The van der Waals surface area contributed by atoms with E-state index in [1.165, 1.54) is 0 Å². The molecule has 0 aromatic carbocycles. The SMILES string of the molecule is [CH2]CCCC(=O)C(=C)C. The summed E-state index contributed by atoms with van der Waals surface area (Å²) >= 11 is 0. The van der Waals surface area contributed by atoms with E-state index < -0.39 is 0 Å². The van der Waals surface area contributed by atoms with Crippen LogP contribution in [-0.2, 0) is 4.79 Å². The van der Waals surface area contributed by atoms with Crippen LogP contribution in [0.15, 0.2) is 12.2 Å². The number of rotatable bonds is 4. The van der Waals surface area contributed by atoms with Gasteiger partial charge in [-0.25, -0.2) is 0 Å². The number of carbonyl (C=O) groups excluding carboxylic acids is 1. The van der Waals surface area contributed by atoms with E-state index in [1.807, 2.05) is 0 Å². The summed E-state index contributed by atoms with van der Waals surface area (Å²) in [6.45, 7) is 8.91. The largest absolute Gasteiger partial charge is 0.295 e. The van der Waals surface area contributed by atoms with E-state index in [0.717, 1.165) is 12.8 Å². The molecule has 0 saturated heterocycles. The third kappa shape index (κ3) is 3.95. The van der Waals surface area contributed by atoms with Crippen LogP contribution in [0.2, 0.25) is 0 Å². The normalized spacial score (nSPS) is 9.11. The molecule has 0 rings (SSSR count). The molecule has 0 saturated carbocycles. The molecular formula is C8H13O. The topological polar surface area (TPSA) is 17.1 Å². The zero-order chi connectivity index (χ0) is 7.28. The van der Waals surface area contributed by atoms with Gasteiger partial charge in [-0.1, -0.05) is 19.9 Å². The van der Waals surface area contributed by atoms with Crippen LogP contribution in [0.25, 0.3) is 0 Å². The molecule has 51 valence electrons. The van der Waals surface area contributed by atoms with Crippen molar-refractivity contribution in [1.82, 2.24) is 0 Å². The van der Waals surface area contributed by atoms with E-state index in [1.54, 1.807) is 6.92 Å². The number of ketones is 1. The van der Waals surface area contributed by atoms with Crippen molar-refractivity contribution < 1.29 is 4.79 Å². The van der Waals surface area contributed by atoms with E-state index in [-0.39, 0.29) is 5.78 Å². The van der Waals surface area contributed by atoms with Crippen molar-refractivity contribution in [1.29, 1.82) is 0 Å². The molecule has 0 spiro atoms. The van der Waals surface area contributed by atoms with E-state index in [0.29, 0.717) is 12.0 Å². The number of unbranched alkanes of at least 4 members (excludes halogenated alkanes) is 1. The van der Waals surface area contributed by atoms with Crippen LogP contribution in [0.4, 0.5) is 0 Å². The average Bonchev–Trinajstić information content (AvgIpc) is 1.82. The second kappa shape index (κ2) is 4.30. The summed E-state index contributed by atoms with van der Waals surface area (Å²) < 4.78 is 0.